The number of esters is 1. The molecule has 0 aromatic heterocycles. The number of benzene rings is 2. The summed E-state index contributed by atoms with van der Waals surface area (Å²) in [6.07, 6.45) is -1.52. The zero-order chi connectivity index (χ0) is 35.9. The summed E-state index contributed by atoms with van der Waals surface area (Å²) in [4.78, 5) is 47.1. The van der Waals surface area contributed by atoms with Crippen molar-refractivity contribution in [3.63, 3.8) is 0 Å². The Morgan fingerprint density at radius 3 is 1.42 bits per heavy atom. The molecule has 3 amide bonds. The van der Waals surface area contributed by atoms with Gasteiger partial charge < -0.3 is 35.8 Å². The Balaban J connectivity index is 0.000000480. The van der Waals surface area contributed by atoms with Crippen molar-refractivity contribution in [3.8, 4) is 47.4 Å². The Bertz CT molecular complexity index is 1500. The summed E-state index contributed by atoms with van der Waals surface area (Å²) in [5.74, 6) is 18.7. The lowest BCUT2D eigenvalue weighted by Crippen LogP contribution is -2.51. The van der Waals surface area contributed by atoms with Crippen LogP contribution < -0.4 is 16.1 Å². The largest absolute Gasteiger partial charge is 0.467 e. The number of aliphatic hydroxyl groups excluding tert-OH is 4. The van der Waals surface area contributed by atoms with Gasteiger partial charge in [-0.2, -0.15) is 0 Å². The van der Waals surface area contributed by atoms with E-state index in [2.05, 4.69) is 62.7 Å². The lowest BCUT2D eigenvalue weighted by Gasteiger charge is -2.19. The first-order valence-corrected chi connectivity index (χ1v) is 14.4. The van der Waals surface area contributed by atoms with Crippen molar-refractivity contribution in [2.24, 2.45) is 0 Å². The molecule has 2 aromatic rings. The summed E-state index contributed by atoms with van der Waals surface area (Å²) in [6, 6.07) is 10.2. The number of carbonyl (C=O) groups excluding carboxylic acids is 4. The lowest BCUT2D eigenvalue weighted by molar-refractivity contribution is -0.145. The van der Waals surface area contributed by atoms with Gasteiger partial charge in [0.1, 0.15) is 6.04 Å². The number of amides is 3. The van der Waals surface area contributed by atoms with Crippen molar-refractivity contribution in [3.05, 3.63) is 70.8 Å². The number of hydroxylamine groups is 1. The third kappa shape index (κ3) is 15.1. The third-order valence-electron chi connectivity index (χ3n) is 5.87. The van der Waals surface area contributed by atoms with Gasteiger partial charge in [-0.1, -0.05) is 23.7 Å². The van der Waals surface area contributed by atoms with Gasteiger partial charge in [-0.25, -0.2) is 10.3 Å². The number of aliphatic hydroxyl groups is 4. The van der Waals surface area contributed by atoms with Gasteiger partial charge in [0.25, 0.3) is 17.7 Å². The van der Waals surface area contributed by atoms with Crippen LogP contribution in [0.1, 0.15) is 58.5 Å². The SMILES string of the molecule is COC(=O)[C@@H](NC(=O)c1ccc(C#CC#CCCO)cc1)[C@@H](C)O.C[C@@H](O)[C@H](NC(=O)c1ccc(C#CC#CCCO)cc1)C(=O)NO. The molecule has 2 rings (SSSR count). The molecule has 13 heteroatoms. The average Bonchev–Trinajstić information content (AvgIpc) is 3.09. The van der Waals surface area contributed by atoms with Gasteiger partial charge in [0, 0.05) is 35.1 Å². The van der Waals surface area contributed by atoms with E-state index in [4.69, 9.17) is 15.4 Å². The standard InChI is InChI=1S/C18H19NO5.C17H18N2O5/c1-13(21)16(18(23)24-2)19-17(22)15-10-8-14(9-11-15)7-5-3-4-6-12-20;1-12(21)15(17(23)19-24)18-16(22)14-9-7-13(8-10-14)6-4-2-3-5-11-20/h8-11,13,16,20-21H,6,12H2,1-2H3,(H,19,22);7-10,12,15,20-21,24H,5,11H2,1H3,(H,18,22)(H,19,23)/t13-,16+;12-,15+/m11/s1. The van der Waals surface area contributed by atoms with Crippen molar-refractivity contribution in [1.29, 1.82) is 0 Å². The number of carbonyl (C=O) groups is 4. The Labute approximate surface area is 278 Å². The van der Waals surface area contributed by atoms with Crippen LogP contribution in [0.4, 0.5) is 0 Å². The molecule has 252 valence electrons. The number of hydrogen-bond acceptors (Lipinski definition) is 10. The molecule has 8 N–H and O–H groups in total. The minimum atomic E-state index is -1.27. The van der Waals surface area contributed by atoms with E-state index in [1.54, 1.807) is 36.4 Å². The van der Waals surface area contributed by atoms with E-state index in [0.29, 0.717) is 29.5 Å². The highest BCUT2D eigenvalue weighted by atomic mass is 16.5. The predicted octanol–water partition coefficient (Wildman–Crippen LogP) is -0.515. The highest BCUT2D eigenvalue weighted by Crippen LogP contribution is 2.06. The Hall–Kier alpha value is -5.64. The van der Waals surface area contributed by atoms with Gasteiger partial charge in [0.15, 0.2) is 6.04 Å². The minimum Gasteiger partial charge on any atom is -0.467 e. The molecule has 2 aromatic carbocycles. The summed E-state index contributed by atoms with van der Waals surface area (Å²) in [5.41, 5.74) is 3.29. The molecule has 0 spiro atoms. The van der Waals surface area contributed by atoms with Crippen LogP contribution in [-0.4, -0.2) is 93.9 Å². The molecule has 0 fully saturated rings. The summed E-state index contributed by atoms with van der Waals surface area (Å²) >= 11 is 0. The molecule has 0 bridgehead atoms. The first-order chi connectivity index (χ1) is 23.0. The van der Waals surface area contributed by atoms with Gasteiger partial charge in [0.2, 0.25) is 0 Å². The number of methoxy groups -OCH3 is 1. The monoisotopic (exact) mass is 659 g/mol. The van der Waals surface area contributed by atoms with E-state index >= 15 is 0 Å². The number of nitrogens with one attached hydrogen (secondary N) is 3. The molecule has 0 aliphatic carbocycles. The van der Waals surface area contributed by atoms with Crippen LogP contribution in [0.25, 0.3) is 0 Å². The van der Waals surface area contributed by atoms with Crippen molar-refractivity contribution >= 4 is 23.7 Å². The van der Waals surface area contributed by atoms with E-state index in [1.807, 2.05) is 0 Å². The van der Waals surface area contributed by atoms with Crippen LogP contribution in [0, 0.1) is 47.4 Å². The van der Waals surface area contributed by atoms with Crippen molar-refractivity contribution in [1.82, 2.24) is 16.1 Å². The highest BCUT2D eigenvalue weighted by molar-refractivity contribution is 5.98. The maximum absolute atomic E-state index is 12.1. The van der Waals surface area contributed by atoms with Crippen molar-refractivity contribution in [2.75, 3.05) is 20.3 Å². The Morgan fingerprint density at radius 2 is 1.08 bits per heavy atom. The molecule has 4 atom stereocenters. The molecular weight excluding hydrogens is 622 g/mol. The number of ether oxygens (including phenoxy) is 1. The van der Waals surface area contributed by atoms with Crippen LogP contribution >= 0.6 is 0 Å². The predicted molar refractivity (Wildman–Crippen MR) is 173 cm³/mol. The minimum absolute atomic E-state index is 0.00247. The fraction of sp³-hybridized carbons (Fsp3) is 0.314. The van der Waals surface area contributed by atoms with Crippen molar-refractivity contribution < 1.29 is 49.5 Å². The topological polar surface area (TPSA) is 215 Å². The van der Waals surface area contributed by atoms with Crippen LogP contribution in [0.2, 0.25) is 0 Å². The number of hydrogen-bond donors (Lipinski definition) is 8. The zero-order valence-electron chi connectivity index (χ0n) is 26.5. The normalized spacial score (nSPS) is 11.8. The molecule has 13 nitrogen and oxygen atoms in total. The average molecular weight is 660 g/mol. The maximum atomic E-state index is 12.1. The summed E-state index contributed by atoms with van der Waals surface area (Å²) in [5, 5.41) is 49.5. The fourth-order valence-corrected chi connectivity index (χ4v) is 3.37. The third-order valence-corrected chi connectivity index (χ3v) is 5.87. The number of rotatable bonds is 10. The summed E-state index contributed by atoms with van der Waals surface area (Å²) in [6.45, 7) is 2.69. The van der Waals surface area contributed by atoms with E-state index < -0.39 is 48.0 Å². The van der Waals surface area contributed by atoms with Gasteiger partial charge in [0.05, 0.1) is 32.5 Å². The van der Waals surface area contributed by atoms with Crippen LogP contribution in [-0.2, 0) is 14.3 Å². The van der Waals surface area contributed by atoms with Crippen molar-refractivity contribution in [2.45, 2.75) is 51.0 Å². The molecule has 0 unspecified atom stereocenters. The first-order valence-electron chi connectivity index (χ1n) is 14.4. The molecule has 0 radical (unpaired) electrons. The lowest BCUT2D eigenvalue weighted by atomic mass is 10.1. The van der Waals surface area contributed by atoms with E-state index in [0.717, 1.165) is 0 Å². The van der Waals surface area contributed by atoms with E-state index in [-0.39, 0.29) is 18.8 Å². The Kier molecular flexibility index (Phi) is 19.2. The second-order valence-corrected chi connectivity index (χ2v) is 9.59. The maximum Gasteiger partial charge on any atom is 0.331 e. The summed E-state index contributed by atoms with van der Waals surface area (Å²) < 4.78 is 4.54. The van der Waals surface area contributed by atoms with Crippen LogP contribution in [0.15, 0.2) is 48.5 Å². The van der Waals surface area contributed by atoms with Gasteiger partial charge >= 0.3 is 5.97 Å². The van der Waals surface area contributed by atoms with Gasteiger partial charge in [-0.15, -0.1) is 0 Å². The fourth-order valence-electron chi connectivity index (χ4n) is 3.37. The molecule has 48 heavy (non-hydrogen) atoms. The first kappa shape index (κ1) is 40.4. The smallest absolute Gasteiger partial charge is 0.331 e. The van der Waals surface area contributed by atoms with E-state index in [1.165, 1.54) is 38.6 Å². The molecular formula is C35H37N3O10. The molecule has 0 saturated carbocycles. The van der Waals surface area contributed by atoms with Gasteiger partial charge in [-0.05, 0) is 86.1 Å². The second kappa shape index (κ2) is 22.8. The zero-order valence-corrected chi connectivity index (χ0v) is 26.5. The molecule has 0 heterocycles. The Morgan fingerprint density at radius 1 is 0.688 bits per heavy atom. The highest BCUT2D eigenvalue weighted by Gasteiger charge is 2.27. The van der Waals surface area contributed by atoms with Crippen LogP contribution in [0.3, 0.4) is 0 Å². The van der Waals surface area contributed by atoms with E-state index in [9.17, 15) is 29.4 Å². The molecule has 0 aliphatic rings. The molecule has 0 saturated heterocycles. The second-order valence-electron chi connectivity index (χ2n) is 9.59. The quantitative estimate of drug-likeness (QED) is 0.0708. The van der Waals surface area contributed by atoms with Crippen LogP contribution in [0.5, 0.6) is 0 Å². The van der Waals surface area contributed by atoms with Gasteiger partial charge in [-0.3, -0.25) is 19.6 Å². The summed E-state index contributed by atoms with van der Waals surface area (Å²) in [7, 11) is 1.18. The molecule has 0 aliphatic heterocycles.